The minimum Gasteiger partial charge on any atom is -0.866 e. The zero-order valence-electron chi connectivity index (χ0n) is 8.17. The van der Waals surface area contributed by atoms with Gasteiger partial charge in [0.1, 0.15) is 0 Å². The number of anilines is 1. The first-order chi connectivity index (χ1) is 6.43. The molecule has 1 aromatic carbocycles. The largest absolute Gasteiger partial charge is 1.00 e. The topological polar surface area (TPSA) is 167 Å². The van der Waals surface area contributed by atoms with E-state index in [1.54, 1.807) is 0 Å². The van der Waals surface area contributed by atoms with Crippen LogP contribution in [0.1, 0.15) is 0 Å². The molecular formula is C6H6N3NaO6. The Morgan fingerprint density at radius 1 is 1.12 bits per heavy atom. The summed E-state index contributed by atoms with van der Waals surface area (Å²) in [5, 5.41) is 31.5. The minimum atomic E-state index is -1.01. The zero-order valence-corrected chi connectivity index (χ0v) is 10.2. The molecule has 9 nitrogen and oxygen atoms in total. The summed E-state index contributed by atoms with van der Waals surface area (Å²) in [5.41, 5.74) is 3.10. The smallest absolute Gasteiger partial charge is 0.866 e. The predicted molar refractivity (Wildman–Crippen MR) is 47.2 cm³/mol. The monoisotopic (exact) mass is 239 g/mol. The van der Waals surface area contributed by atoms with E-state index in [-0.39, 0.29) is 35.0 Å². The maximum atomic E-state index is 11.0. The van der Waals surface area contributed by atoms with Crippen molar-refractivity contribution >= 4 is 17.1 Å². The number of nitro groups is 2. The third kappa shape index (κ3) is 3.31. The molecule has 0 saturated carbocycles. The summed E-state index contributed by atoms with van der Waals surface area (Å²) in [7, 11) is 0. The second-order valence-electron chi connectivity index (χ2n) is 2.40. The van der Waals surface area contributed by atoms with Crippen LogP contribution in [0.15, 0.2) is 12.1 Å². The number of hydrogen-bond donors (Lipinski definition) is 1. The quantitative estimate of drug-likeness (QED) is 0.241. The molecule has 0 radical (unpaired) electrons. The molecule has 0 aliphatic rings. The fraction of sp³-hybridized carbons (Fsp3) is 0. The van der Waals surface area contributed by atoms with Gasteiger partial charge in [-0.15, -0.1) is 0 Å². The van der Waals surface area contributed by atoms with E-state index < -0.39 is 32.7 Å². The Morgan fingerprint density at radius 2 is 1.62 bits per heavy atom. The molecule has 0 heterocycles. The van der Waals surface area contributed by atoms with Gasteiger partial charge in [0.05, 0.1) is 15.9 Å². The Kier molecular flexibility index (Phi) is 6.61. The molecule has 0 spiro atoms. The van der Waals surface area contributed by atoms with E-state index >= 15 is 0 Å². The van der Waals surface area contributed by atoms with Crippen LogP contribution in [0, 0.1) is 20.2 Å². The van der Waals surface area contributed by atoms with Crippen LogP contribution in [0.2, 0.25) is 0 Å². The third-order valence-corrected chi connectivity index (χ3v) is 1.49. The zero-order chi connectivity index (χ0) is 10.9. The molecule has 0 aliphatic carbocycles. The van der Waals surface area contributed by atoms with Crippen molar-refractivity contribution in [3.05, 3.63) is 32.4 Å². The summed E-state index contributed by atoms with van der Waals surface area (Å²) in [6.45, 7) is 0. The molecule has 0 aliphatic heterocycles. The third-order valence-electron chi connectivity index (χ3n) is 1.49. The Bertz CT molecular complexity index is 423. The fourth-order valence-electron chi connectivity index (χ4n) is 0.861. The molecule has 1 aromatic rings. The molecule has 4 N–H and O–H groups in total. The standard InChI is InChI=1S/C6H5N3O5.Na.H2O/c7-4-1-3(8(11)12)2-5(6(4)10)9(13)14;;/h1-2,10H,7H2;;1H2/q;+1;/p-1. The number of nitrogens with two attached hydrogens (primary N) is 1. The van der Waals surface area contributed by atoms with Gasteiger partial charge in [0.25, 0.3) is 11.4 Å². The molecule has 16 heavy (non-hydrogen) atoms. The molecule has 82 valence electrons. The van der Waals surface area contributed by atoms with E-state index in [0.29, 0.717) is 6.07 Å². The van der Waals surface area contributed by atoms with Crippen molar-refractivity contribution in [1.29, 1.82) is 0 Å². The van der Waals surface area contributed by atoms with Gasteiger partial charge in [-0.05, 0) is 5.75 Å². The van der Waals surface area contributed by atoms with E-state index in [1.165, 1.54) is 0 Å². The summed E-state index contributed by atoms with van der Waals surface area (Å²) in [6.07, 6.45) is 0. The Hall–Kier alpha value is -1.42. The van der Waals surface area contributed by atoms with E-state index in [2.05, 4.69) is 0 Å². The Balaban J connectivity index is 0. The number of rotatable bonds is 2. The van der Waals surface area contributed by atoms with Gasteiger partial charge in [-0.1, -0.05) is 0 Å². The van der Waals surface area contributed by atoms with Gasteiger partial charge >= 0.3 is 29.6 Å². The van der Waals surface area contributed by atoms with E-state index in [9.17, 15) is 25.3 Å². The molecule has 0 atom stereocenters. The minimum absolute atomic E-state index is 0. The maximum absolute atomic E-state index is 11.0. The number of nitro benzene ring substituents is 2. The number of benzene rings is 1. The second-order valence-corrected chi connectivity index (χ2v) is 2.40. The summed E-state index contributed by atoms with van der Waals surface area (Å²) in [4.78, 5) is 18.7. The summed E-state index contributed by atoms with van der Waals surface area (Å²) in [5.74, 6) is -1.01. The van der Waals surface area contributed by atoms with Gasteiger partial charge in [0, 0.05) is 11.8 Å². The van der Waals surface area contributed by atoms with Crippen molar-refractivity contribution in [3.8, 4) is 5.75 Å². The number of nitrogens with zero attached hydrogens (tertiary/aromatic N) is 2. The summed E-state index contributed by atoms with van der Waals surface area (Å²) >= 11 is 0. The van der Waals surface area contributed by atoms with E-state index in [1.807, 2.05) is 0 Å². The Labute approximate surface area is 111 Å². The maximum Gasteiger partial charge on any atom is 1.00 e. The van der Waals surface area contributed by atoms with Crippen LogP contribution >= 0.6 is 0 Å². The summed E-state index contributed by atoms with van der Waals surface area (Å²) in [6, 6.07) is 1.37. The van der Waals surface area contributed by atoms with Gasteiger partial charge in [0.15, 0.2) is 0 Å². The summed E-state index contributed by atoms with van der Waals surface area (Å²) < 4.78 is 0. The van der Waals surface area contributed by atoms with Crippen LogP contribution in [0.5, 0.6) is 5.75 Å². The normalized spacial score (nSPS) is 8.50. The molecule has 0 bridgehead atoms. The number of nitrogen functional groups attached to an aromatic ring is 1. The first-order valence-electron chi connectivity index (χ1n) is 3.33. The molecule has 0 unspecified atom stereocenters. The SMILES string of the molecule is Nc1cc([N+](=O)[O-])cc([N+](=O)[O-])c1[O-].O.[Na+]. The van der Waals surface area contributed by atoms with Crippen LogP contribution in [0.25, 0.3) is 0 Å². The first-order valence-corrected chi connectivity index (χ1v) is 3.33. The second kappa shape index (κ2) is 6.23. The molecule has 1 rings (SSSR count). The average molecular weight is 239 g/mol. The Morgan fingerprint density at radius 3 is 2.00 bits per heavy atom. The van der Waals surface area contributed by atoms with Crippen molar-refractivity contribution in [2.24, 2.45) is 0 Å². The predicted octanol–water partition coefficient (Wildman–Crippen LogP) is -3.66. The van der Waals surface area contributed by atoms with Crippen molar-refractivity contribution in [3.63, 3.8) is 0 Å². The van der Waals surface area contributed by atoms with Gasteiger partial charge in [0.2, 0.25) is 0 Å². The number of hydrogen-bond acceptors (Lipinski definition) is 6. The first kappa shape index (κ1) is 17.0. The fourth-order valence-corrected chi connectivity index (χ4v) is 0.861. The van der Waals surface area contributed by atoms with Crippen LogP contribution in [-0.4, -0.2) is 15.3 Å². The van der Waals surface area contributed by atoms with Crippen LogP contribution in [0.4, 0.5) is 17.1 Å². The van der Waals surface area contributed by atoms with Crippen molar-refractivity contribution < 1.29 is 50.0 Å². The van der Waals surface area contributed by atoms with Crippen molar-refractivity contribution in [2.45, 2.75) is 0 Å². The van der Waals surface area contributed by atoms with E-state index in [0.717, 1.165) is 6.07 Å². The average Bonchev–Trinajstić information content (AvgIpc) is 2.08. The van der Waals surface area contributed by atoms with Gasteiger partial charge in [-0.3, -0.25) is 20.2 Å². The molecule has 0 saturated heterocycles. The van der Waals surface area contributed by atoms with Crippen molar-refractivity contribution in [2.75, 3.05) is 5.73 Å². The van der Waals surface area contributed by atoms with Crippen LogP contribution in [-0.2, 0) is 0 Å². The van der Waals surface area contributed by atoms with Crippen LogP contribution in [0.3, 0.4) is 0 Å². The molecule has 0 fully saturated rings. The molecule has 0 aromatic heterocycles. The van der Waals surface area contributed by atoms with Gasteiger partial charge in [-0.25, -0.2) is 0 Å². The molecule has 0 amide bonds. The van der Waals surface area contributed by atoms with E-state index in [4.69, 9.17) is 5.73 Å². The molecular weight excluding hydrogens is 233 g/mol. The number of non-ortho nitro benzene ring substituents is 1. The van der Waals surface area contributed by atoms with Crippen molar-refractivity contribution in [1.82, 2.24) is 0 Å². The van der Waals surface area contributed by atoms with Gasteiger partial charge in [-0.2, -0.15) is 0 Å². The molecule has 10 heteroatoms. The van der Waals surface area contributed by atoms with Gasteiger partial charge < -0.3 is 16.3 Å². The van der Waals surface area contributed by atoms with Crippen LogP contribution < -0.4 is 40.4 Å².